The molecule has 102 valence electrons. The average Bonchev–Trinajstić information content (AvgIpc) is 2.32. The number of hydrogen-bond donors (Lipinski definition) is 0. The van der Waals surface area contributed by atoms with Crippen molar-refractivity contribution in [1.29, 1.82) is 0 Å². The highest BCUT2D eigenvalue weighted by molar-refractivity contribution is 6.88. The minimum Gasteiger partial charge on any atom is -0.0948 e. The van der Waals surface area contributed by atoms with Crippen LogP contribution in [0.4, 0.5) is 0 Å². The molecule has 0 saturated heterocycles. The summed E-state index contributed by atoms with van der Waals surface area (Å²) < 4.78 is 0. The summed E-state index contributed by atoms with van der Waals surface area (Å²) in [5.74, 6) is 0. The van der Waals surface area contributed by atoms with E-state index < -0.39 is 8.07 Å². The fraction of sp³-hybridized carbons (Fsp3) is 0.875. The van der Waals surface area contributed by atoms with Gasteiger partial charge in [0.15, 0.2) is 0 Å². The predicted molar refractivity (Wildman–Crippen MR) is 84.3 cm³/mol. The van der Waals surface area contributed by atoms with Crippen molar-refractivity contribution in [2.24, 2.45) is 0 Å². The lowest BCUT2D eigenvalue weighted by molar-refractivity contribution is 0.698. The van der Waals surface area contributed by atoms with Crippen molar-refractivity contribution in [2.75, 3.05) is 0 Å². The Morgan fingerprint density at radius 3 is 1.29 bits per heavy atom. The van der Waals surface area contributed by atoms with E-state index in [2.05, 4.69) is 61.1 Å². The third-order valence-electron chi connectivity index (χ3n) is 4.94. The molecule has 3 atom stereocenters. The zero-order valence-electron chi connectivity index (χ0n) is 13.4. The highest BCUT2D eigenvalue weighted by atomic mass is 28.3. The van der Waals surface area contributed by atoms with Crippen LogP contribution in [-0.4, -0.2) is 8.07 Å². The lowest BCUT2D eigenvalue weighted by atomic mass is 10.3. The van der Waals surface area contributed by atoms with Gasteiger partial charge in [-0.2, -0.15) is 0 Å². The molecular weight excluding hydrogens is 220 g/mol. The molecule has 0 aliphatic heterocycles. The summed E-state index contributed by atoms with van der Waals surface area (Å²) in [6.45, 7) is 19.2. The van der Waals surface area contributed by atoms with Crippen LogP contribution in [0.3, 0.4) is 0 Å². The normalized spacial score (nSPS) is 20.2. The Morgan fingerprint density at radius 2 is 1.12 bits per heavy atom. The summed E-state index contributed by atoms with van der Waals surface area (Å²) in [7, 11) is -1.33. The van der Waals surface area contributed by atoms with E-state index in [1.54, 1.807) is 0 Å². The van der Waals surface area contributed by atoms with Gasteiger partial charge >= 0.3 is 0 Å². The zero-order chi connectivity index (χ0) is 13.6. The van der Waals surface area contributed by atoms with Crippen molar-refractivity contribution in [3.63, 3.8) is 0 Å². The summed E-state index contributed by atoms with van der Waals surface area (Å²) >= 11 is 0. The van der Waals surface area contributed by atoms with E-state index in [0.717, 1.165) is 16.6 Å². The fourth-order valence-corrected chi connectivity index (χ4v) is 10.3. The van der Waals surface area contributed by atoms with E-state index in [1.807, 2.05) is 0 Å². The molecule has 17 heavy (non-hydrogen) atoms. The fourth-order valence-electron chi connectivity index (χ4n) is 3.44. The van der Waals surface area contributed by atoms with E-state index in [9.17, 15) is 0 Å². The third-order valence-corrected chi connectivity index (χ3v) is 12.4. The van der Waals surface area contributed by atoms with Gasteiger partial charge in [0, 0.05) is 0 Å². The van der Waals surface area contributed by atoms with Gasteiger partial charge in [-0.1, -0.05) is 72.1 Å². The second-order valence-corrected chi connectivity index (χ2v) is 11.4. The lowest BCUT2D eigenvalue weighted by Crippen LogP contribution is -2.45. The topological polar surface area (TPSA) is 0 Å². The molecule has 0 aromatic rings. The van der Waals surface area contributed by atoms with Gasteiger partial charge in [0.2, 0.25) is 0 Å². The van der Waals surface area contributed by atoms with Gasteiger partial charge in [0.05, 0.1) is 8.07 Å². The van der Waals surface area contributed by atoms with E-state index in [4.69, 9.17) is 0 Å². The van der Waals surface area contributed by atoms with Crippen LogP contribution >= 0.6 is 0 Å². The molecule has 0 nitrogen and oxygen atoms in total. The van der Waals surface area contributed by atoms with Gasteiger partial charge in [-0.3, -0.25) is 0 Å². The molecule has 0 spiro atoms. The predicted octanol–water partition coefficient (Wildman–Crippen LogP) is 6.34. The Bertz CT molecular complexity index is 211. The third kappa shape index (κ3) is 3.71. The lowest BCUT2D eigenvalue weighted by Gasteiger charge is -2.44. The second-order valence-electron chi connectivity index (χ2n) is 6.15. The molecule has 0 aromatic carbocycles. The number of hydrogen-bond acceptors (Lipinski definition) is 0. The molecule has 0 aliphatic rings. The van der Waals surface area contributed by atoms with E-state index in [0.29, 0.717) is 0 Å². The van der Waals surface area contributed by atoms with Gasteiger partial charge < -0.3 is 0 Å². The molecule has 0 N–H and O–H groups in total. The molecule has 0 aliphatic carbocycles. The highest BCUT2D eigenvalue weighted by Gasteiger charge is 2.43. The Hall–Kier alpha value is -0.0431. The molecule has 0 rings (SSSR count). The SMILES string of the molecule is CCC(C)[Si](C=C(C)C)(C(C)CC)C(C)CC. The van der Waals surface area contributed by atoms with Crippen LogP contribution in [0.1, 0.15) is 74.7 Å². The molecule has 0 heterocycles. The van der Waals surface area contributed by atoms with Crippen LogP contribution in [0.25, 0.3) is 0 Å². The van der Waals surface area contributed by atoms with Crippen LogP contribution in [0.15, 0.2) is 11.3 Å². The van der Waals surface area contributed by atoms with Crippen molar-refractivity contribution < 1.29 is 0 Å². The molecule has 0 bridgehead atoms. The van der Waals surface area contributed by atoms with Gasteiger partial charge in [0.1, 0.15) is 0 Å². The van der Waals surface area contributed by atoms with Crippen molar-refractivity contribution in [1.82, 2.24) is 0 Å². The molecule has 0 radical (unpaired) electrons. The molecule has 0 fully saturated rings. The van der Waals surface area contributed by atoms with Crippen LogP contribution in [0, 0.1) is 0 Å². The first-order valence-corrected chi connectivity index (χ1v) is 9.83. The Labute approximate surface area is 111 Å². The van der Waals surface area contributed by atoms with Crippen molar-refractivity contribution in [3.8, 4) is 0 Å². The Morgan fingerprint density at radius 1 is 0.824 bits per heavy atom. The first-order valence-electron chi connectivity index (χ1n) is 7.52. The Balaban J connectivity index is 5.60. The van der Waals surface area contributed by atoms with Gasteiger partial charge in [-0.25, -0.2) is 0 Å². The maximum atomic E-state index is 2.73. The minimum atomic E-state index is -1.33. The summed E-state index contributed by atoms with van der Waals surface area (Å²) in [6.07, 6.45) is 4.01. The number of allylic oxidation sites excluding steroid dienone is 1. The largest absolute Gasteiger partial charge is 0.0948 e. The number of rotatable bonds is 7. The zero-order valence-corrected chi connectivity index (χ0v) is 14.4. The van der Waals surface area contributed by atoms with Crippen LogP contribution in [0.5, 0.6) is 0 Å². The van der Waals surface area contributed by atoms with E-state index >= 15 is 0 Å². The van der Waals surface area contributed by atoms with Crippen LogP contribution in [-0.2, 0) is 0 Å². The maximum Gasteiger partial charge on any atom is 0.0860 e. The van der Waals surface area contributed by atoms with Crippen molar-refractivity contribution in [3.05, 3.63) is 11.3 Å². The summed E-state index contributed by atoms with van der Waals surface area (Å²) in [5.41, 5.74) is 6.98. The molecule has 3 unspecified atom stereocenters. The summed E-state index contributed by atoms with van der Waals surface area (Å²) in [4.78, 5) is 0. The average molecular weight is 255 g/mol. The standard InChI is InChI=1S/C16H34Si/c1-9-14(6)17(12-13(4)5,15(7)10-2)16(8)11-3/h12,14-16H,9-11H2,1-8H3. The van der Waals surface area contributed by atoms with E-state index in [1.165, 1.54) is 24.8 Å². The minimum absolute atomic E-state index is 0.905. The molecule has 1 heteroatoms. The summed E-state index contributed by atoms with van der Waals surface area (Å²) in [5, 5.41) is 0. The molecule has 0 aromatic heterocycles. The van der Waals surface area contributed by atoms with Crippen LogP contribution in [0.2, 0.25) is 16.6 Å². The smallest absolute Gasteiger partial charge is 0.0860 e. The molecule has 0 saturated carbocycles. The first kappa shape index (κ1) is 17.0. The van der Waals surface area contributed by atoms with Crippen molar-refractivity contribution in [2.45, 2.75) is 91.3 Å². The maximum absolute atomic E-state index is 2.73. The van der Waals surface area contributed by atoms with E-state index in [-0.39, 0.29) is 0 Å². The van der Waals surface area contributed by atoms with Gasteiger partial charge in [0.25, 0.3) is 0 Å². The highest BCUT2D eigenvalue weighted by Crippen LogP contribution is 2.47. The second kappa shape index (κ2) is 7.40. The van der Waals surface area contributed by atoms with Crippen LogP contribution < -0.4 is 0 Å². The van der Waals surface area contributed by atoms with Crippen molar-refractivity contribution >= 4 is 8.07 Å². The Kier molecular flexibility index (Phi) is 7.39. The first-order chi connectivity index (χ1) is 7.86. The quantitative estimate of drug-likeness (QED) is 0.465. The molecule has 0 amide bonds. The summed E-state index contributed by atoms with van der Waals surface area (Å²) in [6, 6.07) is 0. The molecular formula is C16H34Si. The van der Waals surface area contributed by atoms with Gasteiger partial charge in [-0.15, -0.1) is 0 Å². The monoisotopic (exact) mass is 254 g/mol. The van der Waals surface area contributed by atoms with Gasteiger partial charge in [-0.05, 0) is 30.5 Å².